The topological polar surface area (TPSA) is 92.4 Å². The number of nitrogens with one attached hydrogen (secondary N) is 1. The monoisotopic (exact) mass is 306 g/mol. The van der Waals surface area contributed by atoms with Crippen molar-refractivity contribution in [2.45, 2.75) is 18.7 Å². The third-order valence-corrected chi connectivity index (χ3v) is 4.15. The molecule has 1 heterocycles. The second kappa shape index (κ2) is 5.99. The molecule has 0 spiro atoms. The van der Waals surface area contributed by atoms with Crippen molar-refractivity contribution in [1.29, 1.82) is 0 Å². The smallest absolute Gasteiger partial charge is 0.263 e. The van der Waals surface area contributed by atoms with E-state index in [1.165, 1.54) is 12.1 Å². The third-order valence-electron chi connectivity index (χ3n) is 2.66. The van der Waals surface area contributed by atoms with Gasteiger partial charge in [-0.15, -0.1) is 0 Å². The highest BCUT2D eigenvalue weighted by atomic mass is 32.2. The molecule has 0 aliphatic rings. The van der Waals surface area contributed by atoms with Gasteiger partial charge in [-0.3, -0.25) is 4.72 Å². The minimum Gasteiger partial charge on any atom is -0.384 e. The molecule has 0 amide bonds. The average Bonchev–Trinajstić information content (AvgIpc) is 2.82. The van der Waals surface area contributed by atoms with Crippen LogP contribution in [0.2, 0.25) is 0 Å². The lowest BCUT2D eigenvalue weighted by atomic mass is 10.1. The molecular weight excluding hydrogens is 292 g/mol. The van der Waals surface area contributed by atoms with Gasteiger partial charge in [0.2, 0.25) is 0 Å². The number of hydrogen-bond acceptors (Lipinski definition) is 5. The second-order valence-electron chi connectivity index (χ2n) is 4.37. The standard InChI is InChI=1S/C14H14N2O4S/c1-10-5-6-12(4-3-7-17)9-13(10)21(18,19)16-14-8-11(2)20-15-14/h5-6,8-9,17H,7H2,1-2H3,(H,15,16). The maximum absolute atomic E-state index is 12.4. The summed E-state index contributed by atoms with van der Waals surface area (Å²) in [5.41, 5.74) is 1.09. The number of aliphatic hydroxyl groups is 1. The van der Waals surface area contributed by atoms with E-state index in [1.807, 2.05) is 0 Å². The predicted molar refractivity (Wildman–Crippen MR) is 77.2 cm³/mol. The predicted octanol–water partition coefficient (Wildman–Crippen LogP) is 1.44. The van der Waals surface area contributed by atoms with Crippen LogP contribution in [0.3, 0.4) is 0 Å². The van der Waals surface area contributed by atoms with E-state index in [4.69, 9.17) is 9.63 Å². The van der Waals surface area contributed by atoms with E-state index in [9.17, 15) is 8.42 Å². The molecule has 2 rings (SSSR count). The second-order valence-corrected chi connectivity index (χ2v) is 6.02. The van der Waals surface area contributed by atoms with Gasteiger partial charge >= 0.3 is 0 Å². The molecule has 1 aromatic heterocycles. The summed E-state index contributed by atoms with van der Waals surface area (Å²) in [6.07, 6.45) is 0. The first-order chi connectivity index (χ1) is 9.92. The van der Waals surface area contributed by atoms with Crippen molar-refractivity contribution in [1.82, 2.24) is 5.16 Å². The molecule has 7 heteroatoms. The van der Waals surface area contributed by atoms with Gasteiger partial charge in [0.25, 0.3) is 10.0 Å². The first-order valence-electron chi connectivity index (χ1n) is 6.09. The molecule has 0 radical (unpaired) electrons. The van der Waals surface area contributed by atoms with Crippen LogP contribution in [-0.4, -0.2) is 25.3 Å². The minimum absolute atomic E-state index is 0.105. The zero-order chi connectivity index (χ0) is 15.5. The van der Waals surface area contributed by atoms with Crippen LogP contribution in [0.4, 0.5) is 5.82 Å². The Hall–Kier alpha value is -2.30. The van der Waals surface area contributed by atoms with E-state index in [-0.39, 0.29) is 17.3 Å². The van der Waals surface area contributed by atoms with Crippen molar-refractivity contribution < 1.29 is 18.0 Å². The Labute approximate surface area is 122 Å². The zero-order valence-corrected chi connectivity index (χ0v) is 12.4. The molecule has 6 nitrogen and oxygen atoms in total. The van der Waals surface area contributed by atoms with Crippen LogP contribution in [0.15, 0.2) is 33.7 Å². The van der Waals surface area contributed by atoms with E-state index < -0.39 is 10.0 Å². The van der Waals surface area contributed by atoms with Crippen molar-refractivity contribution in [3.8, 4) is 11.8 Å². The first-order valence-corrected chi connectivity index (χ1v) is 7.57. The van der Waals surface area contributed by atoms with Crippen molar-refractivity contribution in [3.05, 3.63) is 41.2 Å². The maximum atomic E-state index is 12.4. The fourth-order valence-electron chi connectivity index (χ4n) is 1.72. The quantitative estimate of drug-likeness (QED) is 0.837. The highest BCUT2D eigenvalue weighted by Gasteiger charge is 2.19. The van der Waals surface area contributed by atoms with Gasteiger partial charge in [-0.2, -0.15) is 0 Å². The Bertz CT molecular complexity index is 813. The van der Waals surface area contributed by atoms with Crippen LogP contribution in [0, 0.1) is 25.7 Å². The molecule has 0 aliphatic heterocycles. The molecule has 0 aliphatic carbocycles. The van der Waals surface area contributed by atoms with Gasteiger partial charge in [0.1, 0.15) is 12.4 Å². The van der Waals surface area contributed by atoms with E-state index in [0.29, 0.717) is 16.9 Å². The van der Waals surface area contributed by atoms with Crippen LogP contribution in [-0.2, 0) is 10.0 Å². The van der Waals surface area contributed by atoms with Gasteiger partial charge < -0.3 is 9.63 Å². The first kappa shape index (κ1) is 15.1. The molecule has 0 bridgehead atoms. The summed E-state index contributed by atoms with van der Waals surface area (Å²) in [7, 11) is -3.78. The Morgan fingerprint density at radius 1 is 1.33 bits per heavy atom. The van der Waals surface area contributed by atoms with E-state index in [1.54, 1.807) is 26.0 Å². The third kappa shape index (κ3) is 3.62. The molecule has 2 aromatic rings. The summed E-state index contributed by atoms with van der Waals surface area (Å²) in [4.78, 5) is 0.105. The number of sulfonamides is 1. The number of rotatable bonds is 3. The maximum Gasteiger partial charge on any atom is 0.263 e. The Balaban J connectivity index is 2.39. The van der Waals surface area contributed by atoms with E-state index in [2.05, 4.69) is 21.7 Å². The molecule has 2 N–H and O–H groups in total. The zero-order valence-electron chi connectivity index (χ0n) is 11.5. The summed E-state index contributed by atoms with van der Waals surface area (Å²) in [5, 5.41) is 12.3. The van der Waals surface area contributed by atoms with Crippen LogP contribution >= 0.6 is 0 Å². The number of hydrogen-bond donors (Lipinski definition) is 2. The molecule has 0 fully saturated rings. The van der Waals surface area contributed by atoms with Crippen LogP contribution in [0.5, 0.6) is 0 Å². The van der Waals surface area contributed by atoms with Crippen molar-refractivity contribution in [3.63, 3.8) is 0 Å². The van der Waals surface area contributed by atoms with Crippen LogP contribution < -0.4 is 4.72 Å². The van der Waals surface area contributed by atoms with E-state index >= 15 is 0 Å². The van der Waals surface area contributed by atoms with Gasteiger partial charge in [0.15, 0.2) is 5.82 Å². The van der Waals surface area contributed by atoms with Gasteiger partial charge in [-0.05, 0) is 31.5 Å². The molecule has 110 valence electrons. The highest BCUT2D eigenvalue weighted by Crippen LogP contribution is 2.20. The number of aryl methyl sites for hydroxylation is 2. The lowest BCUT2D eigenvalue weighted by Gasteiger charge is -2.08. The molecule has 0 saturated carbocycles. The fraction of sp³-hybridized carbons (Fsp3) is 0.214. The Morgan fingerprint density at radius 2 is 2.10 bits per heavy atom. The average molecular weight is 306 g/mol. The molecular formula is C14H14N2O4S. The molecule has 0 atom stereocenters. The largest absolute Gasteiger partial charge is 0.384 e. The van der Waals surface area contributed by atoms with Crippen LogP contribution in [0.1, 0.15) is 16.9 Å². The van der Waals surface area contributed by atoms with Gasteiger partial charge in [0, 0.05) is 11.6 Å². The lowest BCUT2D eigenvalue weighted by Crippen LogP contribution is -2.14. The van der Waals surface area contributed by atoms with E-state index in [0.717, 1.165) is 0 Å². The van der Waals surface area contributed by atoms with Crippen molar-refractivity contribution in [2.24, 2.45) is 0 Å². The number of aromatic nitrogens is 1. The highest BCUT2D eigenvalue weighted by molar-refractivity contribution is 7.92. The van der Waals surface area contributed by atoms with Crippen molar-refractivity contribution in [2.75, 3.05) is 11.3 Å². The lowest BCUT2D eigenvalue weighted by molar-refractivity contribution is 0.350. The summed E-state index contributed by atoms with van der Waals surface area (Å²) < 4.78 is 31.9. The number of benzene rings is 1. The number of nitrogens with zero attached hydrogens (tertiary/aromatic N) is 1. The Kier molecular flexibility index (Phi) is 4.31. The molecule has 0 unspecified atom stereocenters. The summed E-state index contributed by atoms with van der Waals surface area (Å²) in [6, 6.07) is 6.29. The van der Waals surface area contributed by atoms with Gasteiger partial charge in [-0.25, -0.2) is 8.42 Å². The van der Waals surface area contributed by atoms with Gasteiger partial charge in [-0.1, -0.05) is 23.1 Å². The molecule has 21 heavy (non-hydrogen) atoms. The SMILES string of the molecule is Cc1cc(NS(=O)(=O)c2cc(C#CCO)ccc2C)no1. The van der Waals surface area contributed by atoms with Crippen molar-refractivity contribution >= 4 is 15.8 Å². The normalized spacial score (nSPS) is 10.8. The Morgan fingerprint density at radius 3 is 2.71 bits per heavy atom. The van der Waals surface area contributed by atoms with Crippen LogP contribution in [0.25, 0.3) is 0 Å². The summed E-state index contributed by atoms with van der Waals surface area (Å²) in [6.45, 7) is 3.07. The fourth-order valence-corrected chi connectivity index (χ4v) is 2.97. The van der Waals surface area contributed by atoms with Gasteiger partial charge in [0.05, 0.1) is 4.90 Å². The summed E-state index contributed by atoms with van der Waals surface area (Å²) in [5.74, 6) is 5.78. The number of aliphatic hydroxyl groups excluding tert-OH is 1. The molecule has 1 aromatic carbocycles. The molecule has 0 saturated heterocycles. The minimum atomic E-state index is -3.78. The summed E-state index contributed by atoms with van der Waals surface area (Å²) >= 11 is 0. The number of anilines is 1.